The Hall–Kier alpha value is -0.900. The normalized spacial score (nSPS) is 26.3. The summed E-state index contributed by atoms with van der Waals surface area (Å²) in [5.41, 5.74) is 5.97. The van der Waals surface area contributed by atoms with Crippen LogP contribution in [0, 0.1) is 0 Å². The molecule has 1 aliphatic carbocycles. The van der Waals surface area contributed by atoms with Gasteiger partial charge in [0, 0.05) is 24.4 Å². The van der Waals surface area contributed by atoms with E-state index in [1.807, 2.05) is 11.7 Å². The van der Waals surface area contributed by atoms with E-state index in [0.717, 1.165) is 30.9 Å². The van der Waals surface area contributed by atoms with Crippen LogP contribution in [0.3, 0.4) is 0 Å². The fraction of sp³-hybridized carbons (Fsp3) is 0.833. The number of rotatable bonds is 1. The van der Waals surface area contributed by atoms with Crippen molar-refractivity contribution in [3.05, 3.63) is 11.6 Å². The lowest BCUT2D eigenvalue weighted by Gasteiger charge is -2.12. The second kappa shape index (κ2) is 3.84. The second-order valence-electron chi connectivity index (χ2n) is 5.94. The summed E-state index contributed by atoms with van der Waals surface area (Å²) in [5, 5.41) is 4.52. The lowest BCUT2D eigenvalue weighted by molar-refractivity contribution is 0.538. The fourth-order valence-electron chi connectivity index (χ4n) is 2.32. The van der Waals surface area contributed by atoms with Crippen molar-refractivity contribution in [2.24, 2.45) is 12.8 Å². The maximum Gasteiger partial charge on any atom is 0.156 e. The van der Waals surface area contributed by atoms with Crippen LogP contribution in [-0.2, 0) is 12.5 Å². The third-order valence-corrected chi connectivity index (χ3v) is 3.31. The van der Waals surface area contributed by atoms with E-state index in [0.29, 0.717) is 12.0 Å². The highest BCUT2D eigenvalue weighted by molar-refractivity contribution is 5.08. The lowest BCUT2D eigenvalue weighted by Crippen LogP contribution is -2.15. The molecule has 0 radical (unpaired) electrons. The van der Waals surface area contributed by atoms with Crippen LogP contribution in [0.1, 0.15) is 57.6 Å². The monoisotopic (exact) mass is 222 g/mol. The molecule has 2 atom stereocenters. The molecule has 4 heteroatoms. The van der Waals surface area contributed by atoms with Crippen molar-refractivity contribution in [3.63, 3.8) is 0 Å². The van der Waals surface area contributed by atoms with Crippen molar-refractivity contribution in [1.29, 1.82) is 0 Å². The first-order chi connectivity index (χ1) is 7.38. The van der Waals surface area contributed by atoms with Gasteiger partial charge in [-0.2, -0.15) is 5.10 Å². The zero-order chi connectivity index (χ0) is 11.9. The Labute approximate surface area is 97.2 Å². The lowest BCUT2D eigenvalue weighted by atomic mass is 9.96. The first-order valence-electron chi connectivity index (χ1n) is 6.05. The maximum absolute atomic E-state index is 5.95. The molecule has 2 N–H and O–H groups in total. The molecule has 0 spiro atoms. The van der Waals surface area contributed by atoms with Gasteiger partial charge in [0.15, 0.2) is 5.82 Å². The van der Waals surface area contributed by atoms with Crippen molar-refractivity contribution in [2.75, 3.05) is 0 Å². The highest BCUT2D eigenvalue weighted by atomic mass is 15.3. The smallest absolute Gasteiger partial charge is 0.156 e. The molecule has 1 aromatic rings. The van der Waals surface area contributed by atoms with Gasteiger partial charge in [0.1, 0.15) is 5.82 Å². The Balaban J connectivity index is 2.25. The molecule has 0 aromatic carbocycles. The zero-order valence-corrected chi connectivity index (χ0v) is 10.7. The number of aryl methyl sites for hydroxylation is 1. The van der Waals surface area contributed by atoms with Crippen molar-refractivity contribution in [2.45, 2.75) is 57.4 Å². The Kier molecular flexibility index (Phi) is 2.78. The van der Waals surface area contributed by atoms with Crippen LogP contribution >= 0.6 is 0 Å². The minimum absolute atomic E-state index is 0.0245. The summed E-state index contributed by atoms with van der Waals surface area (Å²) < 4.78 is 1.93. The highest BCUT2D eigenvalue weighted by Crippen LogP contribution is 2.33. The van der Waals surface area contributed by atoms with Crippen LogP contribution in [0.25, 0.3) is 0 Å². The minimum atomic E-state index is 0.0245. The molecule has 16 heavy (non-hydrogen) atoms. The molecule has 2 unspecified atom stereocenters. The van der Waals surface area contributed by atoms with Gasteiger partial charge in [-0.15, -0.1) is 0 Å². The van der Waals surface area contributed by atoms with Crippen LogP contribution in [0.2, 0.25) is 0 Å². The molecule has 0 amide bonds. The number of hydrogen-bond donors (Lipinski definition) is 1. The zero-order valence-electron chi connectivity index (χ0n) is 10.7. The Morgan fingerprint density at radius 3 is 2.44 bits per heavy atom. The molecule has 1 aromatic heterocycles. The average Bonchev–Trinajstić information content (AvgIpc) is 2.70. The molecule has 1 heterocycles. The predicted octanol–water partition coefficient (Wildman–Crippen LogP) is 1.71. The van der Waals surface area contributed by atoms with Gasteiger partial charge in [-0.3, -0.25) is 4.68 Å². The van der Waals surface area contributed by atoms with Crippen LogP contribution in [0.4, 0.5) is 0 Å². The van der Waals surface area contributed by atoms with Crippen LogP contribution in [-0.4, -0.2) is 20.8 Å². The van der Waals surface area contributed by atoms with Crippen LogP contribution in [0.15, 0.2) is 0 Å². The van der Waals surface area contributed by atoms with E-state index < -0.39 is 0 Å². The minimum Gasteiger partial charge on any atom is -0.328 e. The second-order valence-corrected chi connectivity index (χ2v) is 5.94. The number of nitrogens with zero attached hydrogens (tertiary/aromatic N) is 3. The van der Waals surface area contributed by atoms with E-state index in [9.17, 15) is 0 Å². The Bertz CT molecular complexity index is 375. The van der Waals surface area contributed by atoms with E-state index in [1.54, 1.807) is 0 Å². The van der Waals surface area contributed by atoms with Crippen molar-refractivity contribution >= 4 is 0 Å². The SMILES string of the molecule is Cn1nc(C(C)(C)C)nc1C1CCC(N)C1. The molecule has 0 saturated heterocycles. The van der Waals surface area contributed by atoms with Crippen LogP contribution < -0.4 is 5.73 Å². The summed E-state index contributed by atoms with van der Waals surface area (Å²) in [6, 6.07) is 0.347. The van der Waals surface area contributed by atoms with Gasteiger partial charge in [0.25, 0.3) is 0 Å². The van der Waals surface area contributed by atoms with Gasteiger partial charge < -0.3 is 5.73 Å². The average molecular weight is 222 g/mol. The van der Waals surface area contributed by atoms with E-state index in [-0.39, 0.29) is 5.41 Å². The fourth-order valence-corrected chi connectivity index (χ4v) is 2.32. The standard InChI is InChI=1S/C12H22N4/c1-12(2,3)11-14-10(16(4)15-11)8-5-6-9(13)7-8/h8-9H,5-7,13H2,1-4H3. The molecule has 1 aliphatic rings. The largest absolute Gasteiger partial charge is 0.328 e. The summed E-state index contributed by atoms with van der Waals surface area (Å²) in [6.07, 6.45) is 3.32. The van der Waals surface area contributed by atoms with Gasteiger partial charge in [-0.05, 0) is 19.3 Å². The highest BCUT2D eigenvalue weighted by Gasteiger charge is 2.29. The van der Waals surface area contributed by atoms with Gasteiger partial charge in [-0.25, -0.2) is 4.98 Å². The van der Waals surface area contributed by atoms with Gasteiger partial charge in [-0.1, -0.05) is 20.8 Å². The van der Waals surface area contributed by atoms with Gasteiger partial charge >= 0.3 is 0 Å². The molecular formula is C12H22N4. The third-order valence-electron chi connectivity index (χ3n) is 3.31. The Morgan fingerprint density at radius 2 is 2.00 bits per heavy atom. The molecule has 1 fully saturated rings. The topological polar surface area (TPSA) is 56.7 Å². The van der Waals surface area contributed by atoms with Crippen LogP contribution in [0.5, 0.6) is 0 Å². The van der Waals surface area contributed by atoms with Crippen molar-refractivity contribution in [3.8, 4) is 0 Å². The number of hydrogen-bond acceptors (Lipinski definition) is 3. The maximum atomic E-state index is 5.95. The number of aromatic nitrogens is 3. The summed E-state index contributed by atoms with van der Waals surface area (Å²) in [7, 11) is 1.99. The summed E-state index contributed by atoms with van der Waals surface area (Å²) in [4.78, 5) is 4.69. The molecule has 0 bridgehead atoms. The first-order valence-corrected chi connectivity index (χ1v) is 6.05. The molecule has 2 rings (SSSR count). The summed E-state index contributed by atoms with van der Waals surface area (Å²) in [5.74, 6) is 2.55. The van der Waals surface area contributed by atoms with E-state index in [2.05, 4.69) is 25.9 Å². The molecule has 4 nitrogen and oxygen atoms in total. The summed E-state index contributed by atoms with van der Waals surface area (Å²) in [6.45, 7) is 6.44. The molecule has 1 saturated carbocycles. The number of nitrogens with two attached hydrogens (primary N) is 1. The van der Waals surface area contributed by atoms with Gasteiger partial charge in [0.2, 0.25) is 0 Å². The third kappa shape index (κ3) is 2.12. The summed E-state index contributed by atoms with van der Waals surface area (Å²) >= 11 is 0. The van der Waals surface area contributed by atoms with Gasteiger partial charge in [0.05, 0.1) is 0 Å². The van der Waals surface area contributed by atoms with E-state index >= 15 is 0 Å². The molecule has 0 aliphatic heterocycles. The Morgan fingerprint density at radius 1 is 1.31 bits per heavy atom. The van der Waals surface area contributed by atoms with Crippen molar-refractivity contribution < 1.29 is 0 Å². The quantitative estimate of drug-likeness (QED) is 0.787. The molecule has 90 valence electrons. The van der Waals surface area contributed by atoms with E-state index in [1.165, 1.54) is 0 Å². The first kappa shape index (κ1) is 11.6. The molecular weight excluding hydrogens is 200 g/mol. The van der Waals surface area contributed by atoms with Crippen molar-refractivity contribution in [1.82, 2.24) is 14.8 Å². The predicted molar refractivity (Wildman–Crippen MR) is 64.3 cm³/mol. The van der Waals surface area contributed by atoms with E-state index in [4.69, 9.17) is 10.7 Å².